The normalized spacial score (nSPS) is 10.3. The number of hydrogen-bond donors (Lipinski definition) is 1. The maximum Gasteiger partial charge on any atom is 0.310 e. The Labute approximate surface area is 118 Å². The van der Waals surface area contributed by atoms with E-state index in [0.29, 0.717) is 12.5 Å². The van der Waals surface area contributed by atoms with Crippen LogP contribution in [0.2, 0.25) is 0 Å². The fourth-order valence-electron chi connectivity index (χ4n) is 1.76. The van der Waals surface area contributed by atoms with Gasteiger partial charge in [-0.1, -0.05) is 38.8 Å². The standard InChI is InChI=1S/C14H20N2O4/c1-3-11(4-2)9-15-14(17)10-20-13-8-6-5-7-12(13)16(18)19/h5-8,11H,3-4,9-10H2,1-2H3,(H,15,17). The number of rotatable bonds is 8. The van der Waals surface area contributed by atoms with Crippen LogP contribution in [-0.4, -0.2) is 24.0 Å². The molecule has 1 aromatic rings. The number of nitrogens with zero attached hydrogens (tertiary/aromatic N) is 1. The molecule has 0 fully saturated rings. The lowest BCUT2D eigenvalue weighted by molar-refractivity contribution is -0.385. The molecule has 0 spiro atoms. The lowest BCUT2D eigenvalue weighted by atomic mass is 10.0. The van der Waals surface area contributed by atoms with E-state index in [1.165, 1.54) is 12.1 Å². The number of carbonyl (C=O) groups is 1. The molecule has 0 bridgehead atoms. The van der Waals surface area contributed by atoms with E-state index >= 15 is 0 Å². The molecule has 6 nitrogen and oxygen atoms in total. The smallest absolute Gasteiger partial charge is 0.310 e. The fourth-order valence-corrected chi connectivity index (χ4v) is 1.76. The van der Waals surface area contributed by atoms with Gasteiger partial charge in [-0.25, -0.2) is 0 Å². The third kappa shape index (κ3) is 4.87. The van der Waals surface area contributed by atoms with Crippen LogP contribution in [-0.2, 0) is 4.79 Å². The van der Waals surface area contributed by atoms with E-state index in [2.05, 4.69) is 19.2 Å². The van der Waals surface area contributed by atoms with Crippen LogP contribution in [0, 0.1) is 16.0 Å². The van der Waals surface area contributed by atoms with E-state index in [4.69, 9.17) is 4.74 Å². The molecule has 20 heavy (non-hydrogen) atoms. The summed E-state index contributed by atoms with van der Waals surface area (Å²) < 4.78 is 5.21. The number of nitro benzene ring substituents is 1. The topological polar surface area (TPSA) is 81.5 Å². The Morgan fingerprint density at radius 2 is 2.00 bits per heavy atom. The molecule has 0 radical (unpaired) electrons. The van der Waals surface area contributed by atoms with E-state index in [1.54, 1.807) is 12.1 Å². The summed E-state index contributed by atoms with van der Waals surface area (Å²) in [4.78, 5) is 21.9. The molecule has 0 saturated carbocycles. The molecule has 110 valence electrons. The molecule has 0 aromatic heterocycles. The van der Waals surface area contributed by atoms with Crippen molar-refractivity contribution in [2.24, 2.45) is 5.92 Å². The highest BCUT2D eigenvalue weighted by atomic mass is 16.6. The predicted octanol–water partition coefficient (Wildman–Crippen LogP) is 2.53. The highest BCUT2D eigenvalue weighted by Gasteiger charge is 2.15. The lowest BCUT2D eigenvalue weighted by Crippen LogP contribution is -2.32. The Morgan fingerprint density at radius 1 is 1.35 bits per heavy atom. The molecule has 0 unspecified atom stereocenters. The van der Waals surface area contributed by atoms with Gasteiger partial charge in [-0.3, -0.25) is 14.9 Å². The summed E-state index contributed by atoms with van der Waals surface area (Å²) >= 11 is 0. The van der Waals surface area contributed by atoms with Crippen LogP contribution in [0.4, 0.5) is 5.69 Å². The Morgan fingerprint density at radius 3 is 2.60 bits per heavy atom. The number of amides is 1. The zero-order valence-corrected chi connectivity index (χ0v) is 11.8. The quantitative estimate of drug-likeness (QED) is 0.586. The first-order valence-electron chi connectivity index (χ1n) is 6.71. The molecule has 0 aliphatic rings. The van der Waals surface area contributed by atoms with Crippen LogP contribution in [0.25, 0.3) is 0 Å². The fraction of sp³-hybridized carbons (Fsp3) is 0.500. The van der Waals surface area contributed by atoms with Crippen molar-refractivity contribution in [3.05, 3.63) is 34.4 Å². The Bertz CT molecular complexity index is 458. The second kappa shape index (κ2) is 8.14. The number of ether oxygens (including phenoxy) is 1. The van der Waals surface area contributed by atoms with Crippen LogP contribution in [0.1, 0.15) is 26.7 Å². The van der Waals surface area contributed by atoms with Gasteiger partial charge in [-0.15, -0.1) is 0 Å². The van der Waals surface area contributed by atoms with Crippen molar-refractivity contribution in [3.63, 3.8) is 0 Å². The van der Waals surface area contributed by atoms with Gasteiger partial charge in [-0.2, -0.15) is 0 Å². The summed E-state index contributed by atoms with van der Waals surface area (Å²) in [7, 11) is 0. The van der Waals surface area contributed by atoms with Crippen molar-refractivity contribution in [1.82, 2.24) is 5.32 Å². The second-order valence-electron chi connectivity index (χ2n) is 4.50. The van der Waals surface area contributed by atoms with Crippen LogP contribution in [0.5, 0.6) is 5.75 Å². The van der Waals surface area contributed by atoms with Crippen LogP contribution in [0.15, 0.2) is 24.3 Å². The van der Waals surface area contributed by atoms with Gasteiger partial charge in [0.15, 0.2) is 12.4 Å². The van der Waals surface area contributed by atoms with Gasteiger partial charge in [0, 0.05) is 12.6 Å². The van der Waals surface area contributed by atoms with Gasteiger partial charge >= 0.3 is 5.69 Å². The highest BCUT2D eigenvalue weighted by molar-refractivity contribution is 5.77. The summed E-state index contributed by atoms with van der Waals surface area (Å²) in [6.07, 6.45) is 2.00. The van der Waals surface area contributed by atoms with E-state index in [9.17, 15) is 14.9 Å². The summed E-state index contributed by atoms with van der Waals surface area (Å²) in [5.41, 5.74) is -0.139. The molecule has 0 aliphatic heterocycles. The number of hydrogen-bond acceptors (Lipinski definition) is 4. The Kier molecular flexibility index (Phi) is 6.49. The predicted molar refractivity (Wildman–Crippen MR) is 75.7 cm³/mol. The minimum Gasteiger partial charge on any atom is -0.477 e. The number of benzene rings is 1. The van der Waals surface area contributed by atoms with E-state index < -0.39 is 4.92 Å². The third-order valence-corrected chi connectivity index (χ3v) is 3.16. The zero-order valence-electron chi connectivity index (χ0n) is 11.8. The Hall–Kier alpha value is -2.11. The van der Waals surface area contributed by atoms with E-state index in [1.807, 2.05) is 0 Å². The molecule has 0 saturated heterocycles. The number of carbonyl (C=O) groups excluding carboxylic acids is 1. The van der Waals surface area contributed by atoms with Gasteiger partial charge < -0.3 is 10.1 Å². The van der Waals surface area contributed by atoms with Gasteiger partial charge in [0.25, 0.3) is 5.91 Å². The molecule has 0 heterocycles. The van der Waals surface area contributed by atoms with Crippen molar-refractivity contribution in [1.29, 1.82) is 0 Å². The SMILES string of the molecule is CCC(CC)CNC(=O)COc1ccccc1[N+](=O)[O-]. The van der Waals surface area contributed by atoms with Crippen molar-refractivity contribution in [3.8, 4) is 5.75 Å². The molecule has 1 aromatic carbocycles. The van der Waals surface area contributed by atoms with E-state index in [-0.39, 0.29) is 24.0 Å². The minimum atomic E-state index is -0.530. The molecular formula is C14H20N2O4. The summed E-state index contributed by atoms with van der Waals surface area (Å²) in [6, 6.07) is 6.01. The summed E-state index contributed by atoms with van der Waals surface area (Å²) in [5.74, 6) is 0.287. The van der Waals surface area contributed by atoms with Gasteiger partial charge in [-0.05, 0) is 12.0 Å². The highest BCUT2D eigenvalue weighted by Crippen LogP contribution is 2.25. The molecule has 0 atom stereocenters. The molecule has 1 rings (SSSR count). The monoisotopic (exact) mass is 280 g/mol. The first-order chi connectivity index (χ1) is 9.58. The maximum atomic E-state index is 11.6. The summed E-state index contributed by atoms with van der Waals surface area (Å²) in [5, 5.41) is 13.6. The average Bonchev–Trinajstić information content (AvgIpc) is 2.46. The van der Waals surface area contributed by atoms with Crippen LogP contribution in [0.3, 0.4) is 0 Å². The van der Waals surface area contributed by atoms with E-state index in [0.717, 1.165) is 12.8 Å². The lowest BCUT2D eigenvalue weighted by Gasteiger charge is -2.13. The third-order valence-electron chi connectivity index (χ3n) is 3.16. The molecule has 0 aliphatic carbocycles. The molecule has 1 N–H and O–H groups in total. The summed E-state index contributed by atoms with van der Waals surface area (Å²) in [6.45, 7) is 4.53. The van der Waals surface area contributed by atoms with Crippen LogP contribution < -0.4 is 10.1 Å². The molecular weight excluding hydrogens is 260 g/mol. The second-order valence-corrected chi connectivity index (χ2v) is 4.50. The maximum absolute atomic E-state index is 11.6. The minimum absolute atomic E-state index is 0.107. The number of para-hydroxylation sites is 2. The Balaban J connectivity index is 2.47. The number of nitrogens with one attached hydrogen (secondary N) is 1. The largest absolute Gasteiger partial charge is 0.477 e. The van der Waals surface area contributed by atoms with Crippen molar-refractivity contribution in [2.75, 3.05) is 13.2 Å². The van der Waals surface area contributed by atoms with Gasteiger partial charge in [0.05, 0.1) is 4.92 Å². The van der Waals surface area contributed by atoms with Crippen molar-refractivity contribution in [2.45, 2.75) is 26.7 Å². The van der Waals surface area contributed by atoms with Crippen molar-refractivity contribution < 1.29 is 14.5 Å². The van der Waals surface area contributed by atoms with Crippen molar-refractivity contribution >= 4 is 11.6 Å². The zero-order chi connectivity index (χ0) is 15.0. The van der Waals surface area contributed by atoms with Gasteiger partial charge in [0.1, 0.15) is 0 Å². The molecule has 1 amide bonds. The van der Waals surface area contributed by atoms with Gasteiger partial charge in [0.2, 0.25) is 0 Å². The average molecular weight is 280 g/mol. The molecule has 6 heteroatoms. The first kappa shape index (κ1) is 15.9. The first-order valence-corrected chi connectivity index (χ1v) is 6.71. The number of nitro groups is 1. The van der Waals surface area contributed by atoms with Crippen LogP contribution >= 0.6 is 0 Å².